The molecule has 0 radical (unpaired) electrons. The molecule has 1 aromatic carbocycles. The van der Waals surface area contributed by atoms with E-state index in [0.29, 0.717) is 16.9 Å². The van der Waals surface area contributed by atoms with Crippen LogP contribution < -0.4 is 4.74 Å². The zero-order valence-corrected chi connectivity index (χ0v) is 11.9. The Kier molecular flexibility index (Phi) is 4.57. The number of hydrogen-bond donors (Lipinski definition) is 1. The summed E-state index contributed by atoms with van der Waals surface area (Å²) >= 11 is 5.88. The number of ether oxygens (including phenoxy) is 1. The number of pyridine rings is 1. The van der Waals surface area contributed by atoms with Crippen LogP contribution in [0.5, 0.6) is 5.75 Å². The van der Waals surface area contributed by atoms with E-state index in [1.165, 1.54) is 18.3 Å². The van der Waals surface area contributed by atoms with Gasteiger partial charge in [-0.05, 0) is 26.0 Å². The Morgan fingerprint density at radius 1 is 1.30 bits per heavy atom. The molecule has 20 heavy (non-hydrogen) atoms. The van der Waals surface area contributed by atoms with Crippen molar-refractivity contribution in [1.82, 2.24) is 4.98 Å². The summed E-state index contributed by atoms with van der Waals surface area (Å²) in [6.45, 7) is 3.79. The average molecular weight is 296 g/mol. The van der Waals surface area contributed by atoms with Crippen LogP contribution in [0.2, 0.25) is 5.02 Å². The van der Waals surface area contributed by atoms with E-state index in [-0.39, 0.29) is 11.1 Å². The van der Waals surface area contributed by atoms with E-state index in [9.17, 15) is 9.50 Å². The number of aliphatic hydroxyl groups is 1. The summed E-state index contributed by atoms with van der Waals surface area (Å²) in [7, 11) is 0. The molecule has 0 spiro atoms. The summed E-state index contributed by atoms with van der Waals surface area (Å²) in [5, 5.41) is 10.2. The third-order valence-corrected chi connectivity index (χ3v) is 3.10. The third-order valence-electron chi connectivity index (χ3n) is 2.70. The first-order valence-electron chi connectivity index (χ1n) is 6.22. The molecule has 1 unspecified atom stereocenters. The molecule has 0 aliphatic heterocycles. The van der Waals surface area contributed by atoms with Crippen LogP contribution in [0.25, 0.3) is 0 Å². The normalized spacial score (nSPS) is 12.5. The third kappa shape index (κ3) is 3.26. The number of halogens is 2. The van der Waals surface area contributed by atoms with Crippen molar-refractivity contribution in [3.05, 3.63) is 58.6 Å². The number of rotatable bonds is 4. The first-order chi connectivity index (χ1) is 9.49. The molecular weight excluding hydrogens is 281 g/mol. The second-order valence-corrected chi connectivity index (χ2v) is 5.04. The van der Waals surface area contributed by atoms with Gasteiger partial charge in [0.05, 0.1) is 17.3 Å². The van der Waals surface area contributed by atoms with Crippen molar-refractivity contribution < 1.29 is 14.2 Å². The molecule has 0 bridgehead atoms. The van der Waals surface area contributed by atoms with E-state index in [1.54, 1.807) is 18.3 Å². The van der Waals surface area contributed by atoms with Gasteiger partial charge in [-0.3, -0.25) is 4.98 Å². The molecule has 0 fully saturated rings. The molecule has 3 nitrogen and oxygen atoms in total. The standard InChI is InChI=1S/C15H15ClFNO2/c1-9(2)20-11-6-10(7-18-8-11)15(19)12-4-3-5-13(17)14(12)16/h3-9,15,19H,1-2H3. The van der Waals surface area contributed by atoms with Crippen LogP contribution in [0.3, 0.4) is 0 Å². The van der Waals surface area contributed by atoms with Gasteiger partial charge < -0.3 is 9.84 Å². The molecule has 0 aliphatic rings. The molecule has 1 N–H and O–H groups in total. The lowest BCUT2D eigenvalue weighted by molar-refractivity contribution is 0.215. The average Bonchev–Trinajstić information content (AvgIpc) is 2.41. The zero-order chi connectivity index (χ0) is 14.7. The maximum Gasteiger partial charge on any atom is 0.142 e. The highest BCUT2D eigenvalue weighted by atomic mass is 35.5. The topological polar surface area (TPSA) is 42.4 Å². The maximum atomic E-state index is 13.4. The number of hydrogen-bond acceptors (Lipinski definition) is 3. The first kappa shape index (κ1) is 14.8. The van der Waals surface area contributed by atoms with Crippen LogP contribution in [0, 0.1) is 5.82 Å². The van der Waals surface area contributed by atoms with Gasteiger partial charge in [-0.15, -0.1) is 0 Å². The lowest BCUT2D eigenvalue weighted by atomic mass is 10.0. The Labute approximate surface area is 122 Å². The molecule has 0 aliphatic carbocycles. The van der Waals surface area contributed by atoms with E-state index in [0.717, 1.165) is 0 Å². The Morgan fingerprint density at radius 3 is 2.75 bits per heavy atom. The van der Waals surface area contributed by atoms with Gasteiger partial charge >= 0.3 is 0 Å². The molecule has 2 aromatic rings. The molecule has 5 heteroatoms. The van der Waals surface area contributed by atoms with Crippen molar-refractivity contribution in [3.63, 3.8) is 0 Å². The molecule has 2 rings (SSSR count). The maximum absolute atomic E-state index is 13.4. The van der Waals surface area contributed by atoms with Gasteiger partial charge in [-0.2, -0.15) is 0 Å². The van der Waals surface area contributed by atoms with Crippen molar-refractivity contribution in [2.24, 2.45) is 0 Å². The molecule has 0 amide bonds. The van der Waals surface area contributed by atoms with Crippen molar-refractivity contribution in [2.45, 2.75) is 26.1 Å². The van der Waals surface area contributed by atoms with Gasteiger partial charge in [0.15, 0.2) is 0 Å². The SMILES string of the molecule is CC(C)Oc1cncc(C(O)c2cccc(F)c2Cl)c1. The lowest BCUT2D eigenvalue weighted by Crippen LogP contribution is -2.07. The predicted octanol–water partition coefficient (Wildman–Crippen LogP) is 3.74. The summed E-state index contributed by atoms with van der Waals surface area (Å²) in [5.41, 5.74) is 0.797. The molecule has 1 aromatic heterocycles. The van der Waals surface area contributed by atoms with Gasteiger partial charge in [0, 0.05) is 17.3 Å². The Morgan fingerprint density at radius 2 is 2.05 bits per heavy atom. The second kappa shape index (κ2) is 6.20. The van der Waals surface area contributed by atoms with Gasteiger partial charge in [-0.1, -0.05) is 23.7 Å². The van der Waals surface area contributed by atoms with Crippen molar-refractivity contribution in [1.29, 1.82) is 0 Å². The van der Waals surface area contributed by atoms with E-state index in [2.05, 4.69) is 4.98 Å². The Bertz CT molecular complexity index is 604. The van der Waals surface area contributed by atoms with E-state index in [1.807, 2.05) is 13.8 Å². The number of aliphatic hydroxyl groups excluding tert-OH is 1. The van der Waals surface area contributed by atoms with Crippen LogP contribution in [0.15, 0.2) is 36.7 Å². The minimum atomic E-state index is -1.05. The van der Waals surface area contributed by atoms with Crippen molar-refractivity contribution in [2.75, 3.05) is 0 Å². The van der Waals surface area contributed by atoms with E-state index < -0.39 is 11.9 Å². The largest absolute Gasteiger partial charge is 0.489 e. The highest BCUT2D eigenvalue weighted by molar-refractivity contribution is 6.31. The fourth-order valence-corrected chi connectivity index (χ4v) is 2.06. The minimum absolute atomic E-state index is 0.00181. The van der Waals surface area contributed by atoms with Crippen molar-refractivity contribution >= 4 is 11.6 Å². The number of aromatic nitrogens is 1. The highest BCUT2D eigenvalue weighted by Crippen LogP contribution is 2.30. The quantitative estimate of drug-likeness (QED) is 0.934. The van der Waals surface area contributed by atoms with Gasteiger partial charge in [0.25, 0.3) is 0 Å². The molecule has 1 atom stereocenters. The van der Waals surface area contributed by atoms with Crippen LogP contribution in [-0.4, -0.2) is 16.2 Å². The van der Waals surface area contributed by atoms with E-state index >= 15 is 0 Å². The predicted molar refractivity (Wildman–Crippen MR) is 75.5 cm³/mol. The lowest BCUT2D eigenvalue weighted by Gasteiger charge is -2.15. The van der Waals surface area contributed by atoms with E-state index in [4.69, 9.17) is 16.3 Å². The minimum Gasteiger partial charge on any atom is -0.489 e. The van der Waals surface area contributed by atoms with Gasteiger partial charge in [0.1, 0.15) is 17.7 Å². The second-order valence-electron chi connectivity index (χ2n) is 4.67. The monoisotopic (exact) mass is 295 g/mol. The Balaban J connectivity index is 2.33. The smallest absolute Gasteiger partial charge is 0.142 e. The highest BCUT2D eigenvalue weighted by Gasteiger charge is 2.17. The van der Waals surface area contributed by atoms with Crippen LogP contribution in [0.4, 0.5) is 4.39 Å². The summed E-state index contributed by atoms with van der Waals surface area (Å²) in [6, 6.07) is 5.99. The van der Waals surface area contributed by atoms with Crippen LogP contribution >= 0.6 is 11.6 Å². The van der Waals surface area contributed by atoms with Crippen LogP contribution in [-0.2, 0) is 0 Å². The molecule has 0 saturated carbocycles. The molecule has 106 valence electrons. The first-order valence-corrected chi connectivity index (χ1v) is 6.60. The van der Waals surface area contributed by atoms with Gasteiger partial charge in [-0.25, -0.2) is 4.39 Å². The summed E-state index contributed by atoms with van der Waals surface area (Å²) in [5.74, 6) is -0.0187. The van der Waals surface area contributed by atoms with Gasteiger partial charge in [0.2, 0.25) is 0 Å². The fraction of sp³-hybridized carbons (Fsp3) is 0.267. The number of nitrogens with zero attached hydrogens (tertiary/aromatic N) is 1. The summed E-state index contributed by atoms with van der Waals surface area (Å²) in [4.78, 5) is 4.01. The fourth-order valence-electron chi connectivity index (χ4n) is 1.83. The molecule has 1 heterocycles. The summed E-state index contributed by atoms with van der Waals surface area (Å²) in [6.07, 6.45) is 2.01. The van der Waals surface area contributed by atoms with Crippen LogP contribution in [0.1, 0.15) is 31.1 Å². The summed E-state index contributed by atoms with van der Waals surface area (Å²) < 4.78 is 18.9. The molecule has 0 saturated heterocycles. The Hall–Kier alpha value is -1.65. The zero-order valence-electron chi connectivity index (χ0n) is 11.2. The molecular formula is C15H15ClFNO2. The number of benzene rings is 1. The van der Waals surface area contributed by atoms with Crippen molar-refractivity contribution in [3.8, 4) is 5.75 Å².